The lowest BCUT2D eigenvalue weighted by atomic mass is 9.90. The second-order valence-corrected chi connectivity index (χ2v) is 8.70. The third kappa shape index (κ3) is 3.69. The first-order valence-corrected chi connectivity index (χ1v) is 11.0. The fourth-order valence-corrected chi connectivity index (χ4v) is 5.26. The molecule has 1 aliphatic carbocycles. The molecule has 4 rings (SSSR count). The molecule has 2 amide bonds. The summed E-state index contributed by atoms with van der Waals surface area (Å²) in [6.45, 7) is 6.43. The number of aryl methyl sites for hydroxylation is 1. The Balaban J connectivity index is 1.45. The van der Waals surface area contributed by atoms with E-state index in [-0.39, 0.29) is 29.8 Å². The van der Waals surface area contributed by atoms with Crippen molar-refractivity contribution >= 4 is 11.8 Å². The Hall–Kier alpha value is -1.88. The molecule has 1 N–H and O–H groups in total. The van der Waals surface area contributed by atoms with Crippen molar-refractivity contribution in [3.63, 3.8) is 0 Å². The van der Waals surface area contributed by atoms with Gasteiger partial charge in [0.25, 0.3) is 0 Å². The lowest BCUT2D eigenvalue weighted by molar-refractivity contribution is -0.141. The predicted molar refractivity (Wildman–Crippen MR) is 110 cm³/mol. The lowest BCUT2D eigenvalue weighted by Crippen LogP contribution is -2.56. The van der Waals surface area contributed by atoms with E-state index in [4.69, 9.17) is 0 Å². The van der Waals surface area contributed by atoms with Gasteiger partial charge in [0.05, 0.1) is 12.5 Å². The van der Waals surface area contributed by atoms with Crippen molar-refractivity contribution in [2.24, 2.45) is 5.92 Å². The van der Waals surface area contributed by atoms with Gasteiger partial charge >= 0.3 is 0 Å². The van der Waals surface area contributed by atoms with E-state index in [9.17, 15) is 9.59 Å². The van der Waals surface area contributed by atoms with Crippen molar-refractivity contribution in [3.8, 4) is 0 Å². The fraction of sp³-hybridized carbons (Fsp3) is 0.652. The Morgan fingerprint density at radius 1 is 1.18 bits per heavy atom. The largest absolute Gasteiger partial charge is 0.353 e. The van der Waals surface area contributed by atoms with Crippen LogP contribution in [0.2, 0.25) is 0 Å². The molecule has 0 aromatic heterocycles. The Bertz CT molecular complexity index is 730. The molecule has 2 heterocycles. The summed E-state index contributed by atoms with van der Waals surface area (Å²) in [4.78, 5) is 30.2. The van der Waals surface area contributed by atoms with Gasteiger partial charge < -0.3 is 10.2 Å². The average Bonchev–Trinajstić information content (AvgIpc) is 3.04. The zero-order valence-corrected chi connectivity index (χ0v) is 17.2. The average molecular weight is 384 g/mol. The van der Waals surface area contributed by atoms with Crippen molar-refractivity contribution in [1.29, 1.82) is 0 Å². The number of rotatable bonds is 6. The van der Waals surface area contributed by atoms with E-state index in [0.717, 1.165) is 45.2 Å². The van der Waals surface area contributed by atoms with Crippen LogP contribution in [0.4, 0.5) is 0 Å². The minimum Gasteiger partial charge on any atom is -0.353 e. The monoisotopic (exact) mass is 383 g/mol. The summed E-state index contributed by atoms with van der Waals surface area (Å²) >= 11 is 0. The summed E-state index contributed by atoms with van der Waals surface area (Å²) in [5.74, 6) is 0.306. The van der Waals surface area contributed by atoms with Gasteiger partial charge in [-0.1, -0.05) is 38.1 Å². The van der Waals surface area contributed by atoms with Gasteiger partial charge in [0.1, 0.15) is 0 Å². The van der Waals surface area contributed by atoms with Gasteiger partial charge in [-0.15, -0.1) is 0 Å². The van der Waals surface area contributed by atoms with Crippen LogP contribution >= 0.6 is 0 Å². The Morgan fingerprint density at radius 2 is 1.93 bits per heavy atom. The molecule has 0 radical (unpaired) electrons. The third-order valence-electron chi connectivity index (χ3n) is 6.96. The van der Waals surface area contributed by atoms with Gasteiger partial charge in [-0.3, -0.25) is 14.5 Å². The van der Waals surface area contributed by atoms with Crippen molar-refractivity contribution in [2.75, 3.05) is 13.1 Å². The normalized spacial score (nSPS) is 28.1. The number of benzene rings is 1. The summed E-state index contributed by atoms with van der Waals surface area (Å²) in [6, 6.07) is 9.10. The number of carbonyl (C=O) groups excluding carboxylic acids is 2. The molecule has 5 nitrogen and oxygen atoms in total. The first-order valence-electron chi connectivity index (χ1n) is 11.0. The van der Waals surface area contributed by atoms with Crippen LogP contribution in [0, 0.1) is 5.92 Å². The van der Waals surface area contributed by atoms with Crippen molar-refractivity contribution in [3.05, 3.63) is 35.4 Å². The molecular formula is C23H33N3O2. The molecule has 2 unspecified atom stereocenters. The SMILES string of the molecule is CCc1ccccc1CN1CC(=O)N2C(CC)C(C(=O)NC3CCC3)C[C@@H]2C1. The van der Waals surface area contributed by atoms with Crippen LogP contribution in [-0.4, -0.2) is 52.8 Å². The molecular weight excluding hydrogens is 350 g/mol. The summed E-state index contributed by atoms with van der Waals surface area (Å²) in [5, 5.41) is 3.22. The van der Waals surface area contributed by atoms with Gasteiger partial charge in [-0.2, -0.15) is 0 Å². The summed E-state index contributed by atoms with van der Waals surface area (Å²) in [5.41, 5.74) is 2.67. The molecule has 2 saturated heterocycles. The molecule has 0 spiro atoms. The number of hydrogen-bond donors (Lipinski definition) is 1. The zero-order valence-electron chi connectivity index (χ0n) is 17.2. The molecule has 1 aromatic rings. The molecule has 28 heavy (non-hydrogen) atoms. The molecule has 1 aromatic carbocycles. The molecule has 2 aliphatic heterocycles. The minimum atomic E-state index is -0.0533. The van der Waals surface area contributed by atoms with Crippen molar-refractivity contribution in [1.82, 2.24) is 15.1 Å². The highest BCUT2D eigenvalue weighted by atomic mass is 16.2. The van der Waals surface area contributed by atoms with Crippen LogP contribution in [0.25, 0.3) is 0 Å². The zero-order chi connectivity index (χ0) is 19.7. The van der Waals surface area contributed by atoms with E-state index in [1.165, 1.54) is 17.5 Å². The van der Waals surface area contributed by atoms with Crippen LogP contribution in [-0.2, 0) is 22.6 Å². The predicted octanol–water partition coefficient (Wildman–Crippen LogP) is 2.73. The molecule has 3 fully saturated rings. The molecule has 0 bridgehead atoms. The highest BCUT2D eigenvalue weighted by molar-refractivity contribution is 5.85. The number of nitrogens with one attached hydrogen (secondary N) is 1. The van der Waals surface area contributed by atoms with Gasteiger partial charge in [0, 0.05) is 31.2 Å². The van der Waals surface area contributed by atoms with Gasteiger partial charge in [0.15, 0.2) is 0 Å². The van der Waals surface area contributed by atoms with Crippen molar-refractivity contribution < 1.29 is 9.59 Å². The van der Waals surface area contributed by atoms with Gasteiger partial charge in [-0.25, -0.2) is 0 Å². The summed E-state index contributed by atoms with van der Waals surface area (Å²) < 4.78 is 0. The quantitative estimate of drug-likeness (QED) is 0.822. The van der Waals surface area contributed by atoms with Crippen LogP contribution < -0.4 is 5.32 Å². The standard InChI is InChI=1S/C23H33N3O2/c1-3-16-8-5-6-9-17(16)13-25-14-19-12-20(23(28)24-18-10-7-11-18)21(4-2)26(19)22(27)15-25/h5-6,8-9,18-21H,3-4,7,10-15H2,1-2H3,(H,24,28)/t19-,20?,21?/m1/s1. The first kappa shape index (κ1) is 19.4. The topological polar surface area (TPSA) is 52.7 Å². The number of carbonyl (C=O) groups is 2. The summed E-state index contributed by atoms with van der Waals surface area (Å²) in [7, 11) is 0. The van der Waals surface area contributed by atoms with E-state index in [1.54, 1.807) is 0 Å². The molecule has 152 valence electrons. The maximum atomic E-state index is 13.0. The Morgan fingerprint density at radius 3 is 2.57 bits per heavy atom. The van der Waals surface area contributed by atoms with Crippen molar-refractivity contribution in [2.45, 2.75) is 77.0 Å². The summed E-state index contributed by atoms with van der Waals surface area (Å²) in [6.07, 6.45) is 6.08. The second-order valence-electron chi connectivity index (χ2n) is 8.70. The molecule has 3 aliphatic rings. The number of fused-ring (bicyclic) bond motifs is 1. The number of amides is 2. The maximum Gasteiger partial charge on any atom is 0.237 e. The molecule has 5 heteroatoms. The Kier molecular flexibility index (Phi) is 5.72. The fourth-order valence-electron chi connectivity index (χ4n) is 5.26. The molecule has 1 saturated carbocycles. The van der Waals surface area contributed by atoms with Gasteiger partial charge in [-0.05, 0) is 49.7 Å². The second kappa shape index (κ2) is 8.24. The smallest absolute Gasteiger partial charge is 0.237 e. The van der Waals surface area contributed by atoms with E-state index in [0.29, 0.717) is 12.6 Å². The minimum absolute atomic E-state index is 0.0533. The van der Waals surface area contributed by atoms with E-state index < -0.39 is 0 Å². The van der Waals surface area contributed by atoms with E-state index in [2.05, 4.69) is 48.3 Å². The number of nitrogens with zero attached hydrogens (tertiary/aromatic N) is 2. The van der Waals surface area contributed by atoms with Crippen LogP contribution in [0.5, 0.6) is 0 Å². The number of piperazine rings is 1. The highest BCUT2D eigenvalue weighted by Crippen LogP contribution is 2.36. The third-order valence-corrected chi connectivity index (χ3v) is 6.96. The van der Waals surface area contributed by atoms with E-state index >= 15 is 0 Å². The van der Waals surface area contributed by atoms with E-state index in [1.807, 2.05) is 4.90 Å². The van der Waals surface area contributed by atoms with Crippen LogP contribution in [0.1, 0.15) is 57.1 Å². The Labute approximate surface area is 168 Å². The number of hydrogen-bond acceptors (Lipinski definition) is 3. The first-order chi connectivity index (χ1) is 13.6. The lowest BCUT2D eigenvalue weighted by Gasteiger charge is -2.40. The van der Waals surface area contributed by atoms with Crippen LogP contribution in [0.3, 0.4) is 0 Å². The van der Waals surface area contributed by atoms with Gasteiger partial charge in [0.2, 0.25) is 11.8 Å². The highest BCUT2D eigenvalue weighted by Gasteiger charge is 2.48. The molecule has 3 atom stereocenters. The maximum absolute atomic E-state index is 13.0. The van der Waals surface area contributed by atoms with Crippen LogP contribution in [0.15, 0.2) is 24.3 Å².